The number of nitrogens with two attached hydrogens (primary N) is 1. The summed E-state index contributed by atoms with van der Waals surface area (Å²) in [5.74, 6) is 0.644. The minimum atomic E-state index is 0.254. The molecule has 13 heavy (non-hydrogen) atoms. The van der Waals surface area contributed by atoms with Crippen LogP contribution in [0.1, 0.15) is 25.7 Å². The Morgan fingerprint density at radius 1 is 1.38 bits per heavy atom. The van der Waals surface area contributed by atoms with Gasteiger partial charge in [0.1, 0.15) is 0 Å². The zero-order valence-electron chi connectivity index (χ0n) is 8.58. The smallest absolute Gasteiger partial charge is 0.0558 e. The number of hydrogen-bond donors (Lipinski definition) is 2. The van der Waals surface area contributed by atoms with Crippen molar-refractivity contribution in [1.82, 2.24) is 4.90 Å². The monoisotopic (exact) mass is 186 g/mol. The number of rotatable bonds is 4. The molecule has 0 aliphatic heterocycles. The maximum atomic E-state index is 8.85. The maximum absolute atomic E-state index is 8.85. The third kappa shape index (κ3) is 2.93. The van der Waals surface area contributed by atoms with E-state index in [0.717, 1.165) is 13.1 Å². The molecule has 2 unspecified atom stereocenters. The summed E-state index contributed by atoms with van der Waals surface area (Å²) in [4.78, 5) is 2.26. The lowest BCUT2D eigenvalue weighted by atomic mass is 9.84. The summed E-state index contributed by atoms with van der Waals surface area (Å²) in [6, 6.07) is 0.603. The van der Waals surface area contributed by atoms with Crippen LogP contribution in [0.4, 0.5) is 0 Å². The lowest BCUT2D eigenvalue weighted by Crippen LogP contribution is -2.44. The summed E-state index contributed by atoms with van der Waals surface area (Å²) in [7, 11) is 2.09. The second kappa shape index (κ2) is 5.58. The molecule has 0 heterocycles. The van der Waals surface area contributed by atoms with E-state index in [-0.39, 0.29) is 6.61 Å². The molecule has 0 amide bonds. The van der Waals surface area contributed by atoms with E-state index < -0.39 is 0 Å². The van der Waals surface area contributed by atoms with Crippen LogP contribution in [0.5, 0.6) is 0 Å². The van der Waals surface area contributed by atoms with Crippen molar-refractivity contribution in [2.45, 2.75) is 31.7 Å². The third-order valence-electron chi connectivity index (χ3n) is 3.19. The molecule has 1 saturated carbocycles. The number of aliphatic hydroxyl groups excluding tert-OH is 1. The van der Waals surface area contributed by atoms with Gasteiger partial charge in [-0.1, -0.05) is 12.8 Å². The molecule has 78 valence electrons. The first-order valence-corrected chi connectivity index (χ1v) is 5.30. The molecule has 1 fully saturated rings. The zero-order chi connectivity index (χ0) is 9.68. The molecular formula is C10H22N2O. The summed E-state index contributed by atoms with van der Waals surface area (Å²) >= 11 is 0. The Labute approximate surface area is 80.9 Å². The molecule has 0 radical (unpaired) electrons. The van der Waals surface area contributed by atoms with E-state index in [1.54, 1.807) is 0 Å². The largest absolute Gasteiger partial charge is 0.395 e. The molecule has 2 atom stereocenters. The molecule has 1 aliphatic rings. The Balaban J connectivity index is 2.43. The Morgan fingerprint density at radius 2 is 2.08 bits per heavy atom. The Bertz CT molecular complexity index is 141. The van der Waals surface area contributed by atoms with Gasteiger partial charge in [0.15, 0.2) is 0 Å². The molecule has 0 aromatic carbocycles. The van der Waals surface area contributed by atoms with Crippen molar-refractivity contribution in [3.63, 3.8) is 0 Å². The van der Waals surface area contributed by atoms with Crippen molar-refractivity contribution in [1.29, 1.82) is 0 Å². The van der Waals surface area contributed by atoms with Crippen LogP contribution < -0.4 is 5.73 Å². The first kappa shape index (κ1) is 11.0. The van der Waals surface area contributed by atoms with Crippen LogP contribution in [-0.4, -0.2) is 42.8 Å². The highest BCUT2D eigenvalue weighted by atomic mass is 16.3. The first-order chi connectivity index (χ1) is 6.29. The third-order valence-corrected chi connectivity index (χ3v) is 3.19. The van der Waals surface area contributed by atoms with Gasteiger partial charge in [-0.2, -0.15) is 0 Å². The summed E-state index contributed by atoms with van der Waals surface area (Å²) in [5, 5.41) is 8.85. The van der Waals surface area contributed by atoms with Gasteiger partial charge in [-0.25, -0.2) is 0 Å². The fourth-order valence-corrected chi connectivity index (χ4v) is 2.37. The minimum Gasteiger partial charge on any atom is -0.395 e. The van der Waals surface area contributed by atoms with E-state index >= 15 is 0 Å². The van der Waals surface area contributed by atoms with Crippen LogP contribution in [0, 0.1) is 5.92 Å². The summed E-state index contributed by atoms with van der Waals surface area (Å²) in [6.07, 6.45) is 5.15. The van der Waals surface area contributed by atoms with Crippen LogP contribution >= 0.6 is 0 Å². The van der Waals surface area contributed by atoms with Gasteiger partial charge in [0.2, 0.25) is 0 Å². The normalized spacial score (nSPS) is 29.5. The van der Waals surface area contributed by atoms with E-state index in [4.69, 9.17) is 10.8 Å². The Morgan fingerprint density at radius 3 is 2.69 bits per heavy atom. The molecule has 3 N–H and O–H groups in total. The molecule has 3 nitrogen and oxygen atoms in total. The minimum absolute atomic E-state index is 0.254. The molecule has 3 heteroatoms. The second-order valence-corrected chi connectivity index (χ2v) is 4.05. The lowest BCUT2D eigenvalue weighted by Gasteiger charge is -2.37. The molecular weight excluding hydrogens is 164 g/mol. The summed E-state index contributed by atoms with van der Waals surface area (Å²) < 4.78 is 0. The second-order valence-electron chi connectivity index (χ2n) is 4.05. The van der Waals surface area contributed by atoms with E-state index in [9.17, 15) is 0 Å². The molecule has 0 bridgehead atoms. The van der Waals surface area contributed by atoms with Crippen LogP contribution in [0.2, 0.25) is 0 Å². The average molecular weight is 186 g/mol. The molecule has 1 rings (SSSR count). The van der Waals surface area contributed by atoms with Crippen LogP contribution in [-0.2, 0) is 0 Å². The van der Waals surface area contributed by atoms with E-state index in [2.05, 4.69) is 11.9 Å². The van der Waals surface area contributed by atoms with Crippen molar-refractivity contribution in [2.75, 3.05) is 26.7 Å². The highest BCUT2D eigenvalue weighted by molar-refractivity contribution is 4.82. The number of likely N-dealkylation sites (N-methyl/N-ethyl adjacent to an activating group) is 1. The number of aliphatic hydroxyl groups is 1. The fraction of sp³-hybridized carbons (Fsp3) is 1.00. The molecule has 0 aromatic heterocycles. The summed E-state index contributed by atoms with van der Waals surface area (Å²) in [5.41, 5.74) is 5.74. The van der Waals surface area contributed by atoms with Gasteiger partial charge in [-0.05, 0) is 32.4 Å². The predicted octanol–water partition coefficient (Wildman–Crippen LogP) is 0.428. The molecule has 0 aromatic rings. The molecule has 0 spiro atoms. The van der Waals surface area contributed by atoms with E-state index in [1.165, 1.54) is 25.7 Å². The highest BCUT2D eigenvalue weighted by Crippen LogP contribution is 2.26. The Hall–Kier alpha value is -0.120. The topological polar surface area (TPSA) is 49.5 Å². The van der Waals surface area contributed by atoms with Crippen molar-refractivity contribution >= 4 is 0 Å². The van der Waals surface area contributed by atoms with Gasteiger partial charge < -0.3 is 15.7 Å². The van der Waals surface area contributed by atoms with Crippen LogP contribution in [0.3, 0.4) is 0 Å². The standard InChI is InChI=1S/C10H22N2O/c1-12(6-7-13)10-5-3-2-4-9(10)8-11/h9-10,13H,2-8,11H2,1H3. The first-order valence-electron chi connectivity index (χ1n) is 5.30. The average Bonchev–Trinajstić information content (AvgIpc) is 2.18. The maximum Gasteiger partial charge on any atom is 0.0558 e. The van der Waals surface area contributed by atoms with E-state index in [1.807, 2.05) is 0 Å². The predicted molar refractivity (Wildman–Crippen MR) is 54.5 cm³/mol. The number of nitrogens with zero attached hydrogens (tertiary/aromatic N) is 1. The van der Waals surface area contributed by atoms with Gasteiger partial charge >= 0.3 is 0 Å². The van der Waals surface area contributed by atoms with E-state index in [0.29, 0.717) is 12.0 Å². The quantitative estimate of drug-likeness (QED) is 0.669. The zero-order valence-corrected chi connectivity index (χ0v) is 8.58. The van der Waals surface area contributed by atoms with Crippen LogP contribution in [0.25, 0.3) is 0 Å². The van der Waals surface area contributed by atoms with Crippen molar-refractivity contribution in [3.8, 4) is 0 Å². The van der Waals surface area contributed by atoms with Gasteiger partial charge in [0.25, 0.3) is 0 Å². The van der Waals surface area contributed by atoms with Gasteiger partial charge in [-0.3, -0.25) is 0 Å². The Kier molecular flexibility index (Phi) is 4.70. The molecule has 0 saturated heterocycles. The summed E-state index contributed by atoms with van der Waals surface area (Å²) in [6.45, 7) is 1.83. The van der Waals surface area contributed by atoms with Gasteiger partial charge in [0.05, 0.1) is 6.61 Å². The van der Waals surface area contributed by atoms with Crippen molar-refractivity contribution in [3.05, 3.63) is 0 Å². The van der Waals surface area contributed by atoms with Gasteiger partial charge in [-0.15, -0.1) is 0 Å². The van der Waals surface area contributed by atoms with Crippen molar-refractivity contribution < 1.29 is 5.11 Å². The highest BCUT2D eigenvalue weighted by Gasteiger charge is 2.26. The number of hydrogen-bond acceptors (Lipinski definition) is 3. The van der Waals surface area contributed by atoms with Crippen molar-refractivity contribution in [2.24, 2.45) is 11.7 Å². The fourth-order valence-electron chi connectivity index (χ4n) is 2.37. The van der Waals surface area contributed by atoms with Crippen LogP contribution in [0.15, 0.2) is 0 Å². The lowest BCUT2D eigenvalue weighted by molar-refractivity contribution is 0.111. The molecule has 1 aliphatic carbocycles. The SMILES string of the molecule is CN(CCO)C1CCCCC1CN. The van der Waals surface area contributed by atoms with Gasteiger partial charge in [0, 0.05) is 12.6 Å².